The maximum Gasteiger partial charge on any atom is 0.224 e. The molecule has 1 aromatic heterocycles. The fourth-order valence-corrected chi connectivity index (χ4v) is 4.50. The van der Waals surface area contributed by atoms with Crippen LogP contribution in [0.1, 0.15) is 24.1 Å². The molecule has 1 amide bonds. The van der Waals surface area contributed by atoms with E-state index < -0.39 is 0 Å². The number of aromatic nitrogens is 3. The summed E-state index contributed by atoms with van der Waals surface area (Å²) in [5, 5.41) is 20.3. The van der Waals surface area contributed by atoms with Gasteiger partial charge in [0, 0.05) is 24.7 Å². The topological polar surface area (TPSA) is 92.5 Å². The zero-order valence-electron chi connectivity index (χ0n) is 16.1. The third-order valence-corrected chi connectivity index (χ3v) is 6.01. The molecular weight excluding hydrogens is 358 g/mol. The molecule has 0 radical (unpaired) electrons. The van der Waals surface area contributed by atoms with E-state index in [0.29, 0.717) is 24.2 Å². The molecule has 28 heavy (non-hydrogen) atoms. The van der Waals surface area contributed by atoms with E-state index in [1.165, 1.54) is 0 Å². The number of fused-ring (bicyclic) bond motifs is 3. The van der Waals surface area contributed by atoms with Crippen LogP contribution in [-0.2, 0) is 24.5 Å². The van der Waals surface area contributed by atoms with Gasteiger partial charge in [0.15, 0.2) is 0 Å². The van der Waals surface area contributed by atoms with Crippen LogP contribution in [0.5, 0.6) is 5.75 Å². The molecule has 2 bridgehead atoms. The number of hydrogen-bond donors (Lipinski definition) is 2. The highest BCUT2D eigenvalue weighted by atomic mass is 16.5. The van der Waals surface area contributed by atoms with Crippen LogP contribution in [-0.4, -0.2) is 57.1 Å². The van der Waals surface area contributed by atoms with E-state index in [9.17, 15) is 4.79 Å². The zero-order valence-corrected chi connectivity index (χ0v) is 16.1. The number of aliphatic hydroxyl groups excluding tert-OH is 1. The fraction of sp³-hybridized carbons (Fsp3) is 0.550. The number of nitrogens with zero attached hydrogens (tertiary/aromatic N) is 4. The Morgan fingerprint density at radius 2 is 2.25 bits per heavy atom. The lowest BCUT2D eigenvalue weighted by molar-refractivity contribution is -0.133. The number of para-hydroxylation sites is 1. The van der Waals surface area contributed by atoms with Crippen LogP contribution in [0, 0.1) is 11.8 Å². The largest absolute Gasteiger partial charge is 0.496 e. The quantitative estimate of drug-likeness (QED) is 0.733. The van der Waals surface area contributed by atoms with Crippen LogP contribution in [0.4, 0.5) is 0 Å². The monoisotopic (exact) mass is 385 g/mol. The molecule has 0 saturated carbocycles. The lowest BCUT2D eigenvalue weighted by atomic mass is 9.75. The summed E-state index contributed by atoms with van der Waals surface area (Å²) in [6.45, 7) is 2.95. The third-order valence-electron chi connectivity index (χ3n) is 6.01. The van der Waals surface area contributed by atoms with Gasteiger partial charge >= 0.3 is 0 Å². The summed E-state index contributed by atoms with van der Waals surface area (Å²) >= 11 is 0. The molecule has 8 nitrogen and oxygen atoms in total. The van der Waals surface area contributed by atoms with Crippen molar-refractivity contribution in [2.75, 3.05) is 20.2 Å². The molecule has 2 aromatic rings. The average Bonchev–Trinajstić information content (AvgIpc) is 3.20. The number of methoxy groups -OCH3 is 1. The molecule has 0 aliphatic carbocycles. The smallest absolute Gasteiger partial charge is 0.224 e. The summed E-state index contributed by atoms with van der Waals surface area (Å²) in [5.74, 6) is 1.35. The molecule has 2 N–H and O–H groups in total. The minimum absolute atomic E-state index is 0.0310. The number of rotatable bonds is 7. The van der Waals surface area contributed by atoms with Crippen molar-refractivity contribution < 1.29 is 14.6 Å². The summed E-state index contributed by atoms with van der Waals surface area (Å²) in [5.41, 5.74) is 1.58. The second-order valence-electron chi connectivity index (χ2n) is 7.66. The average molecular weight is 385 g/mol. The number of carbonyl (C=O) groups is 1. The number of piperidine rings is 3. The molecule has 4 atom stereocenters. The lowest BCUT2D eigenvalue weighted by Gasteiger charge is -2.49. The molecule has 150 valence electrons. The van der Waals surface area contributed by atoms with Gasteiger partial charge in [-0.15, -0.1) is 5.10 Å². The van der Waals surface area contributed by atoms with Gasteiger partial charge in [0.25, 0.3) is 0 Å². The molecule has 3 saturated heterocycles. The van der Waals surface area contributed by atoms with Crippen molar-refractivity contribution in [2.45, 2.75) is 38.6 Å². The van der Waals surface area contributed by atoms with Crippen LogP contribution in [0.3, 0.4) is 0 Å². The van der Waals surface area contributed by atoms with Crippen molar-refractivity contribution in [3.8, 4) is 5.75 Å². The van der Waals surface area contributed by atoms with Gasteiger partial charge in [-0.05, 0) is 31.4 Å². The van der Waals surface area contributed by atoms with E-state index >= 15 is 0 Å². The summed E-state index contributed by atoms with van der Waals surface area (Å²) < 4.78 is 7.16. The SMILES string of the molecule is COc1ccccc1CNC(=O)[C@@H]1CN2CC[C@H]1C[C@@H]2Cn1cc(CO)nn1. The van der Waals surface area contributed by atoms with E-state index in [0.717, 1.165) is 43.8 Å². The summed E-state index contributed by atoms with van der Waals surface area (Å²) in [6.07, 6.45) is 3.84. The van der Waals surface area contributed by atoms with Crippen LogP contribution >= 0.6 is 0 Å². The zero-order chi connectivity index (χ0) is 19.5. The van der Waals surface area contributed by atoms with Crippen molar-refractivity contribution in [3.05, 3.63) is 41.7 Å². The highest BCUT2D eigenvalue weighted by Crippen LogP contribution is 2.37. The van der Waals surface area contributed by atoms with E-state index in [1.54, 1.807) is 18.0 Å². The first-order chi connectivity index (χ1) is 13.7. The van der Waals surface area contributed by atoms with Crippen molar-refractivity contribution in [2.24, 2.45) is 11.8 Å². The number of hydrogen-bond acceptors (Lipinski definition) is 6. The molecule has 8 heteroatoms. The van der Waals surface area contributed by atoms with Gasteiger partial charge in [-0.2, -0.15) is 0 Å². The Labute approximate surface area is 164 Å². The van der Waals surface area contributed by atoms with Gasteiger partial charge in [0.05, 0.1) is 32.4 Å². The van der Waals surface area contributed by atoms with Crippen molar-refractivity contribution in [1.29, 1.82) is 0 Å². The minimum atomic E-state index is -0.0918. The molecule has 4 heterocycles. The second-order valence-corrected chi connectivity index (χ2v) is 7.66. The molecule has 5 rings (SSSR count). The maximum absolute atomic E-state index is 12.8. The first kappa shape index (κ1) is 18.9. The van der Waals surface area contributed by atoms with Gasteiger partial charge in [-0.1, -0.05) is 23.4 Å². The molecule has 1 aromatic carbocycles. The fourth-order valence-electron chi connectivity index (χ4n) is 4.50. The molecule has 1 unspecified atom stereocenters. The van der Waals surface area contributed by atoms with Gasteiger partial charge in [0.2, 0.25) is 5.91 Å². The number of benzene rings is 1. The molecule has 0 spiro atoms. The number of ether oxygens (including phenoxy) is 1. The van der Waals surface area contributed by atoms with Crippen LogP contribution < -0.4 is 10.1 Å². The summed E-state index contributed by atoms with van der Waals surface area (Å²) in [6, 6.07) is 8.13. The molecule has 3 aliphatic heterocycles. The highest BCUT2D eigenvalue weighted by Gasteiger charge is 2.43. The first-order valence-corrected chi connectivity index (χ1v) is 9.81. The van der Waals surface area contributed by atoms with Crippen LogP contribution in [0.15, 0.2) is 30.5 Å². The van der Waals surface area contributed by atoms with Gasteiger partial charge in [-0.25, -0.2) is 0 Å². The number of amides is 1. The Kier molecular flexibility index (Phi) is 5.59. The van der Waals surface area contributed by atoms with Crippen molar-refractivity contribution >= 4 is 5.91 Å². The summed E-state index contributed by atoms with van der Waals surface area (Å²) in [7, 11) is 1.65. The van der Waals surface area contributed by atoms with E-state index in [4.69, 9.17) is 9.84 Å². The third kappa shape index (κ3) is 3.88. The Morgan fingerprint density at radius 3 is 2.96 bits per heavy atom. The van der Waals surface area contributed by atoms with Crippen molar-refractivity contribution in [1.82, 2.24) is 25.2 Å². The predicted octanol–water partition coefficient (Wildman–Crippen LogP) is 0.806. The van der Waals surface area contributed by atoms with E-state index in [1.807, 2.05) is 24.3 Å². The number of carbonyl (C=O) groups excluding carboxylic acids is 1. The van der Waals surface area contributed by atoms with Crippen LogP contribution in [0.2, 0.25) is 0 Å². The van der Waals surface area contributed by atoms with Gasteiger partial charge < -0.3 is 15.2 Å². The second kappa shape index (κ2) is 8.28. The normalized spacial score (nSPS) is 26.2. The Balaban J connectivity index is 1.34. The lowest BCUT2D eigenvalue weighted by Crippen LogP contribution is -2.58. The standard InChI is InChI=1S/C20H27N5O3/c1-28-19-5-3-2-4-15(19)9-21-20(27)18-12-24-7-6-14(18)8-17(24)11-25-10-16(13-26)22-23-25/h2-5,10,14,17-18,26H,6-9,11-13H2,1H3,(H,21,27)/t14-,17+,18+/m0/s1. The highest BCUT2D eigenvalue weighted by molar-refractivity contribution is 5.79. The Bertz CT molecular complexity index is 824. The minimum Gasteiger partial charge on any atom is -0.496 e. The maximum atomic E-state index is 12.8. The molecular formula is C20H27N5O3. The van der Waals surface area contributed by atoms with E-state index in [-0.39, 0.29) is 18.4 Å². The molecule has 3 aliphatic rings. The summed E-state index contributed by atoms with van der Waals surface area (Å²) in [4.78, 5) is 15.2. The van der Waals surface area contributed by atoms with Gasteiger partial charge in [0.1, 0.15) is 11.4 Å². The van der Waals surface area contributed by atoms with E-state index in [2.05, 4.69) is 20.5 Å². The number of nitrogens with one attached hydrogen (secondary N) is 1. The van der Waals surface area contributed by atoms with Gasteiger partial charge in [-0.3, -0.25) is 14.4 Å². The number of aliphatic hydroxyl groups is 1. The van der Waals surface area contributed by atoms with Crippen LogP contribution in [0.25, 0.3) is 0 Å². The first-order valence-electron chi connectivity index (χ1n) is 9.81. The Morgan fingerprint density at radius 1 is 1.39 bits per heavy atom. The van der Waals surface area contributed by atoms with Crippen molar-refractivity contribution in [3.63, 3.8) is 0 Å². The Hall–Kier alpha value is -2.45. The molecule has 3 fully saturated rings. The predicted molar refractivity (Wildman–Crippen MR) is 102 cm³/mol.